The minimum absolute atomic E-state index is 0.496. The highest BCUT2D eigenvalue weighted by Crippen LogP contribution is 1.93. The van der Waals surface area contributed by atoms with Gasteiger partial charge >= 0.3 is 0 Å². The van der Waals surface area contributed by atoms with Crippen LogP contribution in [0.2, 0.25) is 0 Å². The zero-order chi connectivity index (χ0) is 8.69. The quantitative estimate of drug-likeness (QED) is 0.347. The lowest BCUT2D eigenvalue weighted by atomic mass is 10.3. The maximum absolute atomic E-state index is 9.85. The summed E-state index contributed by atoms with van der Waals surface area (Å²) in [5.74, 6) is 0. The van der Waals surface area contributed by atoms with Crippen LogP contribution in [0.1, 0.15) is 13.8 Å². The summed E-state index contributed by atoms with van der Waals surface area (Å²) in [4.78, 5) is 11.9. The summed E-state index contributed by atoms with van der Waals surface area (Å²) in [7, 11) is 2.00. The monoisotopic (exact) mass is 153 g/mol. The normalized spacial score (nSPS) is 11.6. The Morgan fingerprint density at radius 2 is 1.82 bits per heavy atom. The smallest absolute Gasteiger partial charge is 0.142 e. The molecule has 0 aromatic heterocycles. The molecular formula is C9H15NO. The van der Waals surface area contributed by atoms with Crippen LogP contribution in [0.4, 0.5) is 0 Å². The summed E-state index contributed by atoms with van der Waals surface area (Å²) in [5, 5.41) is 0. The second kappa shape index (κ2) is 5.71. The van der Waals surface area contributed by atoms with Crippen LogP contribution >= 0.6 is 0 Å². The lowest BCUT2D eigenvalue weighted by Gasteiger charge is -2.17. The average Bonchev–Trinajstić information content (AvgIpc) is 1.97. The van der Waals surface area contributed by atoms with E-state index in [-0.39, 0.29) is 0 Å². The van der Waals surface area contributed by atoms with Gasteiger partial charge in [-0.1, -0.05) is 6.08 Å². The Balaban J connectivity index is 3.73. The molecule has 62 valence electrons. The van der Waals surface area contributed by atoms with Crippen LogP contribution in [0.5, 0.6) is 0 Å². The van der Waals surface area contributed by atoms with Crippen molar-refractivity contribution in [3.8, 4) is 0 Å². The van der Waals surface area contributed by atoms with E-state index in [1.54, 1.807) is 6.08 Å². The number of nitrogens with zero attached hydrogens (tertiary/aromatic N) is 1. The van der Waals surface area contributed by atoms with Crippen LogP contribution in [-0.4, -0.2) is 24.3 Å². The SMILES string of the molecule is CC(C)N(C)/C=C\C=C/C=O. The Labute approximate surface area is 68.2 Å². The number of allylic oxidation sites excluding steroid dienone is 3. The van der Waals surface area contributed by atoms with E-state index < -0.39 is 0 Å². The standard InChI is InChI=1S/C9H15NO/c1-9(2)10(3)7-5-4-6-8-11/h4-9H,1-3H3/b6-4-,7-5-. The summed E-state index contributed by atoms with van der Waals surface area (Å²) in [6, 6.07) is 0.496. The molecule has 11 heavy (non-hydrogen) atoms. The fourth-order valence-corrected chi connectivity index (χ4v) is 0.467. The van der Waals surface area contributed by atoms with Crippen molar-refractivity contribution in [2.45, 2.75) is 19.9 Å². The summed E-state index contributed by atoms with van der Waals surface area (Å²) < 4.78 is 0. The van der Waals surface area contributed by atoms with Gasteiger partial charge in [-0.25, -0.2) is 0 Å². The number of hydrogen-bond acceptors (Lipinski definition) is 2. The van der Waals surface area contributed by atoms with Gasteiger partial charge in [0.2, 0.25) is 0 Å². The van der Waals surface area contributed by atoms with Gasteiger partial charge in [-0.05, 0) is 32.2 Å². The molecule has 2 nitrogen and oxygen atoms in total. The molecule has 0 fully saturated rings. The lowest BCUT2D eigenvalue weighted by Crippen LogP contribution is -2.19. The molecule has 0 bridgehead atoms. The van der Waals surface area contributed by atoms with Crippen molar-refractivity contribution in [2.24, 2.45) is 0 Å². The first-order valence-corrected chi connectivity index (χ1v) is 3.69. The van der Waals surface area contributed by atoms with E-state index in [1.165, 1.54) is 6.08 Å². The average molecular weight is 153 g/mol. The van der Waals surface area contributed by atoms with Crippen molar-refractivity contribution < 1.29 is 4.79 Å². The number of hydrogen-bond donors (Lipinski definition) is 0. The van der Waals surface area contributed by atoms with Crippen LogP contribution in [0, 0.1) is 0 Å². The number of rotatable bonds is 4. The fourth-order valence-electron chi connectivity index (χ4n) is 0.467. The first-order valence-electron chi connectivity index (χ1n) is 3.69. The van der Waals surface area contributed by atoms with Gasteiger partial charge in [0.25, 0.3) is 0 Å². The van der Waals surface area contributed by atoms with Crippen molar-refractivity contribution in [1.82, 2.24) is 4.90 Å². The van der Waals surface area contributed by atoms with E-state index in [0.29, 0.717) is 6.04 Å². The first kappa shape index (κ1) is 9.95. The van der Waals surface area contributed by atoms with Crippen molar-refractivity contribution in [3.63, 3.8) is 0 Å². The predicted molar refractivity (Wildman–Crippen MR) is 47.2 cm³/mol. The molecule has 0 spiro atoms. The summed E-state index contributed by atoms with van der Waals surface area (Å²) in [6.07, 6.45) is 7.72. The molecule has 0 unspecified atom stereocenters. The predicted octanol–water partition coefficient (Wildman–Crippen LogP) is 1.60. The first-order chi connectivity index (χ1) is 5.18. The van der Waals surface area contributed by atoms with Crippen LogP contribution in [-0.2, 0) is 4.79 Å². The van der Waals surface area contributed by atoms with Crippen molar-refractivity contribution >= 4 is 6.29 Å². The number of aldehydes is 1. The van der Waals surface area contributed by atoms with Gasteiger partial charge in [-0.3, -0.25) is 4.79 Å². The van der Waals surface area contributed by atoms with Crippen molar-refractivity contribution in [3.05, 3.63) is 24.4 Å². The molecule has 0 rings (SSSR count). The van der Waals surface area contributed by atoms with Crippen LogP contribution in [0.15, 0.2) is 24.4 Å². The molecule has 0 atom stereocenters. The van der Waals surface area contributed by atoms with E-state index in [1.807, 2.05) is 19.3 Å². The highest BCUT2D eigenvalue weighted by molar-refractivity contribution is 5.65. The highest BCUT2D eigenvalue weighted by atomic mass is 16.1. The molecule has 0 saturated heterocycles. The molecule has 0 heterocycles. The minimum atomic E-state index is 0.496. The topological polar surface area (TPSA) is 20.3 Å². The van der Waals surface area contributed by atoms with Gasteiger partial charge in [0.05, 0.1) is 0 Å². The van der Waals surface area contributed by atoms with Gasteiger partial charge in [0.15, 0.2) is 0 Å². The minimum Gasteiger partial charge on any atom is -0.378 e. The van der Waals surface area contributed by atoms with E-state index in [9.17, 15) is 4.79 Å². The zero-order valence-electron chi connectivity index (χ0n) is 7.32. The maximum atomic E-state index is 9.85. The Morgan fingerprint density at radius 1 is 1.18 bits per heavy atom. The zero-order valence-corrected chi connectivity index (χ0v) is 7.32. The van der Waals surface area contributed by atoms with E-state index in [4.69, 9.17) is 0 Å². The molecule has 0 radical (unpaired) electrons. The summed E-state index contributed by atoms with van der Waals surface area (Å²) >= 11 is 0. The molecule has 0 saturated carbocycles. The Morgan fingerprint density at radius 3 is 2.27 bits per heavy atom. The van der Waals surface area contributed by atoms with Gasteiger partial charge in [-0.2, -0.15) is 0 Å². The molecule has 0 aliphatic rings. The van der Waals surface area contributed by atoms with Crippen molar-refractivity contribution in [1.29, 1.82) is 0 Å². The number of carbonyl (C=O) groups excluding carboxylic acids is 1. The lowest BCUT2D eigenvalue weighted by molar-refractivity contribution is -0.104. The largest absolute Gasteiger partial charge is 0.378 e. The molecule has 0 N–H and O–H groups in total. The third-order valence-corrected chi connectivity index (χ3v) is 1.44. The second-order valence-electron chi connectivity index (χ2n) is 2.62. The molecular weight excluding hydrogens is 138 g/mol. The van der Waals surface area contributed by atoms with Crippen LogP contribution in [0.25, 0.3) is 0 Å². The maximum Gasteiger partial charge on any atom is 0.142 e. The van der Waals surface area contributed by atoms with E-state index >= 15 is 0 Å². The Kier molecular flexibility index (Phi) is 5.17. The third-order valence-electron chi connectivity index (χ3n) is 1.44. The Hall–Kier alpha value is -1.05. The summed E-state index contributed by atoms with van der Waals surface area (Å²) in [5.41, 5.74) is 0. The van der Waals surface area contributed by atoms with Gasteiger partial charge in [0.1, 0.15) is 6.29 Å². The number of carbonyl (C=O) groups is 1. The van der Waals surface area contributed by atoms with Crippen molar-refractivity contribution in [2.75, 3.05) is 7.05 Å². The van der Waals surface area contributed by atoms with Gasteiger partial charge < -0.3 is 4.90 Å². The van der Waals surface area contributed by atoms with Crippen LogP contribution in [0.3, 0.4) is 0 Å². The van der Waals surface area contributed by atoms with Gasteiger partial charge in [-0.15, -0.1) is 0 Å². The molecule has 0 amide bonds. The van der Waals surface area contributed by atoms with E-state index in [2.05, 4.69) is 18.7 Å². The Bertz CT molecular complexity index is 159. The third kappa shape index (κ3) is 5.40. The summed E-state index contributed by atoms with van der Waals surface area (Å²) in [6.45, 7) is 4.21. The molecule has 0 aliphatic heterocycles. The molecule has 2 heteroatoms. The second-order valence-corrected chi connectivity index (χ2v) is 2.62. The van der Waals surface area contributed by atoms with E-state index in [0.717, 1.165) is 6.29 Å². The van der Waals surface area contributed by atoms with Gasteiger partial charge in [0, 0.05) is 13.1 Å². The fraction of sp³-hybridized carbons (Fsp3) is 0.444. The molecule has 0 aliphatic carbocycles. The highest BCUT2D eigenvalue weighted by Gasteiger charge is 1.93. The molecule has 0 aromatic carbocycles. The van der Waals surface area contributed by atoms with Crippen LogP contribution < -0.4 is 0 Å². The molecule has 0 aromatic rings.